The van der Waals surface area contributed by atoms with E-state index >= 15 is 0 Å². The maximum Gasteiger partial charge on any atom is 0.415 e. The molecule has 0 N–H and O–H groups in total. The molecule has 1 atom stereocenters. The predicted molar refractivity (Wildman–Crippen MR) is 98.8 cm³/mol. The third-order valence-corrected chi connectivity index (χ3v) is 5.21. The van der Waals surface area contributed by atoms with E-state index in [9.17, 15) is 14.5 Å². The highest BCUT2D eigenvalue weighted by molar-refractivity contribution is 5.53. The van der Waals surface area contributed by atoms with Gasteiger partial charge in [0.25, 0.3) is 0 Å². The van der Waals surface area contributed by atoms with Crippen molar-refractivity contribution in [3.8, 4) is 17.5 Å². The van der Waals surface area contributed by atoms with Gasteiger partial charge in [0, 0.05) is 36.6 Å². The zero-order valence-electron chi connectivity index (χ0n) is 15.7. The largest absolute Gasteiger partial charge is 0.441 e. The number of nitro groups is 1. The predicted octanol–water partition coefficient (Wildman–Crippen LogP) is 2.79. The van der Waals surface area contributed by atoms with Crippen LogP contribution in [0.15, 0.2) is 34.9 Å². The van der Waals surface area contributed by atoms with Crippen molar-refractivity contribution in [2.75, 3.05) is 13.1 Å². The van der Waals surface area contributed by atoms with Gasteiger partial charge in [-0.05, 0) is 36.1 Å². The van der Waals surface area contributed by atoms with E-state index in [-0.39, 0.29) is 17.6 Å². The van der Waals surface area contributed by atoms with Crippen molar-refractivity contribution in [2.45, 2.75) is 32.0 Å². The number of nitrogens with zero attached hydrogens (tertiary/aromatic N) is 5. The molecular weight excluding hydrogens is 381 g/mol. The van der Waals surface area contributed by atoms with Crippen LogP contribution >= 0.6 is 0 Å². The monoisotopic (exact) mass is 399 g/mol. The molecule has 1 unspecified atom stereocenters. The number of aromatic nitrogens is 3. The number of benzene rings is 1. The fraction of sp³-hybridized carbons (Fsp3) is 0.368. The van der Waals surface area contributed by atoms with Crippen LogP contribution in [-0.2, 0) is 19.5 Å². The van der Waals surface area contributed by atoms with Crippen LogP contribution in [0.4, 0.5) is 10.2 Å². The van der Waals surface area contributed by atoms with Gasteiger partial charge in [-0.1, -0.05) is 0 Å². The molecule has 0 saturated carbocycles. The molecule has 9 nitrogen and oxygen atoms in total. The maximum absolute atomic E-state index is 13.1. The zero-order valence-corrected chi connectivity index (χ0v) is 15.7. The van der Waals surface area contributed by atoms with Crippen molar-refractivity contribution in [3.05, 3.63) is 57.8 Å². The molecule has 150 valence electrons. The first-order valence-electron chi connectivity index (χ1n) is 9.26. The van der Waals surface area contributed by atoms with Crippen molar-refractivity contribution in [3.63, 3.8) is 0 Å². The van der Waals surface area contributed by atoms with E-state index in [1.54, 1.807) is 16.7 Å². The Labute approximate surface area is 164 Å². The Morgan fingerprint density at radius 2 is 2.10 bits per heavy atom. The molecule has 4 heterocycles. The SMILES string of the molecule is CC1(CN2CCc3oc(-c4ccc(F)cc4)nc3C2)Cn2cc([N+](=O)[O-])nc2O1. The average Bonchev–Trinajstić information content (AvgIpc) is 3.33. The van der Waals surface area contributed by atoms with Crippen LogP contribution in [0, 0.1) is 15.9 Å². The van der Waals surface area contributed by atoms with E-state index in [2.05, 4.69) is 14.9 Å². The second-order valence-corrected chi connectivity index (χ2v) is 7.68. The summed E-state index contributed by atoms with van der Waals surface area (Å²) in [5.41, 5.74) is 1.08. The molecule has 0 bridgehead atoms. The minimum absolute atomic E-state index is 0.208. The molecule has 0 amide bonds. The molecule has 2 aliphatic heterocycles. The Balaban J connectivity index is 1.28. The fourth-order valence-corrected chi connectivity index (χ4v) is 3.94. The summed E-state index contributed by atoms with van der Waals surface area (Å²) in [6.45, 7) is 4.48. The average molecular weight is 399 g/mol. The lowest BCUT2D eigenvalue weighted by Gasteiger charge is -2.32. The molecule has 10 heteroatoms. The minimum Gasteiger partial charge on any atom is -0.441 e. The van der Waals surface area contributed by atoms with Crippen molar-refractivity contribution in [2.24, 2.45) is 0 Å². The molecule has 0 spiro atoms. The van der Waals surface area contributed by atoms with Gasteiger partial charge in [-0.15, -0.1) is 0 Å². The van der Waals surface area contributed by atoms with Crippen LogP contribution in [0.3, 0.4) is 0 Å². The lowest BCUT2D eigenvalue weighted by atomic mass is 10.0. The molecule has 5 rings (SSSR count). The summed E-state index contributed by atoms with van der Waals surface area (Å²) < 4.78 is 26.6. The first kappa shape index (κ1) is 17.8. The quantitative estimate of drug-likeness (QED) is 0.491. The molecule has 2 aliphatic rings. The molecule has 2 aromatic heterocycles. The Kier molecular flexibility index (Phi) is 3.91. The van der Waals surface area contributed by atoms with Crippen LogP contribution < -0.4 is 4.74 Å². The third kappa shape index (κ3) is 3.25. The van der Waals surface area contributed by atoms with E-state index < -0.39 is 10.5 Å². The summed E-state index contributed by atoms with van der Waals surface area (Å²) in [7, 11) is 0. The van der Waals surface area contributed by atoms with Gasteiger partial charge in [0.1, 0.15) is 23.4 Å². The van der Waals surface area contributed by atoms with Crippen molar-refractivity contribution in [1.82, 2.24) is 19.4 Å². The summed E-state index contributed by atoms with van der Waals surface area (Å²) in [5, 5.41) is 10.9. The molecule has 1 aromatic carbocycles. The van der Waals surface area contributed by atoms with Crippen LogP contribution in [0.25, 0.3) is 11.5 Å². The topological polar surface area (TPSA) is 99.5 Å². The van der Waals surface area contributed by atoms with Gasteiger partial charge in [0.15, 0.2) is 0 Å². The standard InChI is InChI=1S/C19H18FN5O4/c1-19(11-24-9-16(25(26)27)22-18(24)29-19)10-23-7-6-15-14(8-23)21-17(28-15)12-2-4-13(20)5-3-12/h2-5,9H,6-8,10-11H2,1H3. The van der Waals surface area contributed by atoms with Gasteiger partial charge in [-0.25, -0.2) is 9.37 Å². The summed E-state index contributed by atoms with van der Waals surface area (Å²) >= 11 is 0. The lowest BCUT2D eigenvalue weighted by Crippen LogP contribution is -2.46. The molecule has 0 radical (unpaired) electrons. The Morgan fingerprint density at radius 3 is 2.83 bits per heavy atom. The first-order valence-corrected chi connectivity index (χ1v) is 9.26. The van der Waals surface area contributed by atoms with Gasteiger partial charge in [-0.2, -0.15) is 0 Å². The second kappa shape index (κ2) is 6.38. The van der Waals surface area contributed by atoms with E-state index in [1.165, 1.54) is 18.3 Å². The lowest BCUT2D eigenvalue weighted by molar-refractivity contribution is -0.389. The van der Waals surface area contributed by atoms with E-state index in [0.29, 0.717) is 25.5 Å². The highest BCUT2D eigenvalue weighted by atomic mass is 19.1. The van der Waals surface area contributed by atoms with E-state index in [4.69, 9.17) is 9.15 Å². The van der Waals surface area contributed by atoms with Crippen LogP contribution in [-0.4, -0.2) is 43.0 Å². The number of halogens is 1. The van der Waals surface area contributed by atoms with Crippen LogP contribution in [0.1, 0.15) is 18.4 Å². The maximum atomic E-state index is 13.1. The normalized spacial score (nSPS) is 20.9. The highest BCUT2D eigenvalue weighted by Gasteiger charge is 2.42. The number of fused-ring (bicyclic) bond motifs is 2. The molecular formula is C19H18FN5O4. The summed E-state index contributed by atoms with van der Waals surface area (Å²) in [5.74, 6) is 0.834. The summed E-state index contributed by atoms with van der Waals surface area (Å²) in [6.07, 6.45) is 2.12. The molecule has 0 aliphatic carbocycles. The van der Waals surface area contributed by atoms with Crippen molar-refractivity contribution < 1.29 is 18.5 Å². The number of oxazole rings is 1. The van der Waals surface area contributed by atoms with Gasteiger partial charge >= 0.3 is 11.8 Å². The number of ether oxygens (including phenoxy) is 1. The molecule has 3 aromatic rings. The van der Waals surface area contributed by atoms with E-state index in [0.717, 1.165) is 30.0 Å². The second-order valence-electron chi connectivity index (χ2n) is 7.68. The van der Waals surface area contributed by atoms with Crippen molar-refractivity contribution >= 4 is 5.82 Å². The fourth-order valence-electron chi connectivity index (χ4n) is 3.94. The number of imidazole rings is 1. The number of hydrogen-bond donors (Lipinski definition) is 0. The van der Waals surface area contributed by atoms with Gasteiger partial charge in [0.2, 0.25) is 5.89 Å². The van der Waals surface area contributed by atoms with Crippen molar-refractivity contribution in [1.29, 1.82) is 0 Å². The number of hydrogen-bond acceptors (Lipinski definition) is 7. The van der Waals surface area contributed by atoms with Crippen LogP contribution in [0.2, 0.25) is 0 Å². The summed E-state index contributed by atoms with van der Waals surface area (Å²) in [4.78, 5) is 21.1. The number of rotatable bonds is 4. The Hall–Kier alpha value is -3.27. The first-order chi connectivity index (χ1) is 13.9. The molecule has 0 fully saturated rings. The smallest absolute Gasteiger partial charge is 0.415 e. The molecule has 29 heavy (non-hydrogen) atoms. The van der Waals surface area contributed by atoms with Crippen LogP contribution in [0.5, 0.6) is 6.01 Å². The molecule has 0 saturated heterocycles. The van der Waals surface area contributed by atoms with Gasteiger partial charge in [-0.3, -0.25) is 9.47 Å². The summed E-state index contributed by atoms with van der Waals surface area (Å²) in [6, 6.07) is 6.35. The van der Waals surface area contributed by atoms with Gasteiger partial charge < -0.3 is 19.3 Å². The zero-order chi connectivity index (χ0) is 20.2. The highest BCUT2D eigenvalue weighted by Crippen LogP contribution is 2.33. The third-order valence-electron chi connectivity index (χ3n) is 5.21. The Bertz CT molecular complexity index is 1070. The Morgan fingerprint density at radius 1 is 1.31 bits per heavy atom. The van der Waals surface area contributed by atoms with E-state index in [1.807, 2.05) is 6.92 Å². The minimum atomic E-state index is -0.529. The van der Waals surface area contributed by atoms with Gasteiger partial charge in [0.05, 0.1) is 12.2 Å².